The normalized spacial score (nSPS) is 9.78. The van der Waals surface area contributed by atoms with Crippen molar-refractivity contribution in [2.24, 2.45) is 0 Å². The van der Waals surface area contributed by atoms with Gasteiger partial charge in [0.1, 0.15) is 5.75 Å². The fraction of sp³-hybridized carbons (Fsp3) is 0.0769. The lowest BCUT2D eigenvalue weighted by Gasteiger charge is -2.07. The molecule has 18 heavy (non-hydrogen) atoms. The Labute approximate surface area is 113 Å². The molecule has 0 atom stereocenters. The van der Waals surface area contributed by atoms with Crippen LogP contribution in [0, 0.1) is 11.3 Å². The van der Waals surface area contributed by atoms with Crippen LogP contribution in [0.4, 0.5) is 5.69 Å². The number of hydrogen-bond donors (Lipinski definition) is 1. The third-order valence-corrected chi connectivity index (χ3v) is 2.82. The maximum absolute atomic E-state index is 8.58. The van der Waals surface area contributed by atoms with E-state index in [1.807, 2.05) is 12.1 Å². The summed E-state index contributed by atoms with van der Waals surface area (Å²) in [4.78, 5) is 4.09. The van der Waals surface area contributed by atoms with Crippen LogP contribution < -0.4 is 10.5 Å². The average Bonchev–Trinajstić information content (AvgIpc) is 2.35. The molecule has 4 nitrogen and oxygen atoms in total. The molecular weight excluding hydrogens is 294 g/mol. The van der Waals surface area contributed by atoms with Crippen LogP contribution in [0.15, 0.2) is 41.0 Å². The first-order valence-corrected chi connectivity index (χ1v) is 6.03. The predicted octanol–water partition coefficient (Wildman–Crippen LogP) is 3.28. The van der Waals surface area contributed by atoms with Crippen molar-refractivity contribution in [3.8, 4) is 17.7 Å². The highest BCUT2D eigenvalue weighted by Gasteiger charge is 2.04. The summed E-state index contributed by atoms with van der Waals surface area (Å²) in [6.07, 6.45) is 1.92. The van der Waals surface area contributed by atoms with Gasteiger partial charge in [0.25, 0.3) is 0 Å². The molecule has 0 aliphatic rings. The third-order valence-electron chi connectivity index (χ3n) is 2.25. The Hall–Kier alpha value is -2.06. The number of rotatable bonds is 3. The molecule has 1 heterocycles. The summed E-state index contributed by atoms with van der Waals surface area (Å²) in [5.41, 5.74) is 7.12. The van der Waals surface area contributed by atoms with Crippen LogP contribution in [-0.2, 0) is 6.42 Å². The number of ether oxygens (including phenoxy) is 1. The lowest BCUT2D eigenvalue weighted by atomic mass is 10.2. The summed E-state index contributed by atoms with van der Waals surface area (Å²) in [5.74, 6) is 1.12. The highest BCUT2D eigenvalue weighted by atomic mass is 79.9. The first-order chi connectivity index (χ1) is 8.69. The lowest BCUT2D eigenvalue weighted by Crippen LogP contribution is -1.92. The van der Waals surface area contributed by atoms with Crippen LogP contribution in [0.1, 0.15) is 5.56 Å². The van der Waals surface area contributed by atoms with E-state index >= 15 is 0 Å². The molecule has 0 radical (unpaired) electrons. The third kappa shape index (κ3) is 2.99. The SMILES string of the molecule is N#CCc1ccc(Oc2ncc(N)cc2Br)cc1. The van der Waals surface area contributed by atoms with Gasteiger partial charge in [-0.1, -0.05) is 12.1 Å². The smallest absolute Gasteiger partial charge is 0.233 e. The molecular formula is C13H10BrN3O. The van der Waals surface area contributed by atoms with Crippen molar-refractivity contribution in [3.05, 3.63) is 46.6 Å². The van der Waals surface area contributed by atoms with E-state index in [4.69, 9.17) is 15.7 Å². The molecule has 0 spiro atoms. The maximum Gasteiger partial charge on any atom is 0.233 e. The second-order valence-electron chi connectivity index (χ2n) is 3.64. The Kier molecular flexibility index (Phi) is 3.80. The van der Waals surface area contributed by atoms with E-state index in [0.29, 0.717) is 28.2 Å². The Morgan fingerprint density at radius 2 is 2.06 bits per heavy atom. The highest BCUT2D eigenvalue weighted by Crippen LogP contribution is 2.28. The van der Waals surface area contributed by atoms with Crippen molar-refractivity contribution in [2.45, 2.75) is 6.42 Å². The van der Waals surface area contributed by atoms with Crippen LogP contribution in [0.3, 0.4) is 0 Å². The van der Waals surface area contributed by atoms with E-state index in [-0.39, 0.29) is 0 Å². The van der Waals surface area contributed by atoms with Gasteiger partial charge in [-0.15, -0.1) is 0 Å². The highest BCUT2D eigenvalue weighted by molar-refractivity contribution is 9.10. The molecule has 0 bridgehead atoms. The summed E-state index contributed by atoms with van der Waals surface area (Å²) in [5, 5.41) is 8.58. The van der Waals surface area contributed by atoms with Crippen LogP contribution >= 0.6 is 15.9 Å². The van der Waals surface area contributed by atoms with Gasteiger partial charge in [0.05, 0.1) is 28.8 Å². The molecule has 2 rings (SSSR count). The molecule has 1 aromatic heterocycles. The molecule has 5 heteroatoms. The van der Waals surface area contributed by atoms with Crippen molar-refractivity contribution in [3.63, 3.8) is 0 Å². The van der Waals surface area contributed by atoms with Crippen LogP contribution in [-0.4, -0.2) is 4.98 Å². The number of nitriles is 1. The van der Waals surface area contributed by atoms with Gasteiger partial charge < -0.3 is 10.5 Å². The van der Waals surface area contributed by atoms with Gasteiger partial charge in [0.15, 0.2) is 0 Å². The van der Waals surface area contributed by atoms with Gasteiger partial charge in [-0.2, -0.15) is 5.26 Å². The number of anilines is 1. The predicted molar refractivity (Wildman–Crippen MR) is 72.2 cm³/mol. The quantitative estimate of drug-likeness (QED) is 0.944. The van der Waals surface area contributed by atoms with Crippen LogP contribution in [0.25, 0.3) is 0 Å². The molecule has 1 aromatic carbocycles. The van der Waals surface area contributed by atoms with Crippen LogP contribution in [0.2, 0.25) is 0 Å². The number of aromatic nitrogens is 1. The van der Waals surface area contributed by atoms with E-state index in [1.54, 1.807) is 18.2 Å². The Bertz CT molecular complexity index is 590. The zero-order chi connectivity index (χ0) is 13.0. The fourth-order valence-electron chi connectivity index (χ4n) is 1.39. The number of pyridine rings is 1. The zero-order valence-corrected chi connectivity index (χ0v) is 11.0. The second kappa shape index (κ2) is 5.52. The summed E-state index contributed by atoms with van der Waals surface area (Å²) in [7, 11) is 0. The standard InChI is InChI=1S/C13H10BrN3O/c14-12-7-10(16)8-17-13(12)18-11-3-1-9(2-4-11)5-6-15/h1-4,7-8H,5,16H2. The van der Waals surface area contributed by atoms with Gasteiger partial charge in [-0.3, -0.25) is 0 Å². The van der Waals surface area contributed by atoms with Crippen LogP contribution in [0.5, 0.6) is 11.6 Å². The van der Waals surface area contributed by atoms with Gasteiger partial charge in [0.2, 0.25) is 5.88 Å². The molecule has 2 aromatic rings. The topological polar surface area (TPSA) is 71.9 Å². The minimum atomic E-state index is 0.393. The summed E-state index contributed by atoms with van der Waals surface area (Å²) in [6, 6.07) is 11.1. The minimum absolute atomic E-state index is 0.393. The molecule has 0 fully saturated rings. The van der Waals surface area contributed by atoms with Crippen molar-refractivity contribution >= 4 is 21.6 Å². The minimum Gasteiger partial charge on any atom is -0.438 e. The largest absolute Gasteiger partial charge is 0.438 e. The Morgan fingerprint density at radius 3 is 2.67 bits per heavy atom. The second-order valence-corrected chi connectivity index (χ2v) is 4.49. The monoisotopic (exact) mass is 303 g/mol. The first-order valence-electron chi connectivity index (χ1n) is 5.24. The number of benzene rings is 1. The Balaban J connectivity index is 2.16. The van der Waals surface area contributed by atoms with Crippen molar-refractivity contribution in [1.82, 2.24) is 4.98 Å². The Morgan fingerprint density at radius 1 is 1.33 bits per heavy atom. The summed E-state index contributed by atoms with van der Waals surface area (Å²) < 4.78 is 6.30. The molecule has 2 N–H and O–H groups in total. The van der Waals surface area contributed by atoms with Crippen molar-refractivity contribution in [1.29, 1.82) is 5.26 Å². The van der Waals surface area contributed by atoms with E-state index in [0.717, 1.165) is 5.56 Å². The molecule has 0 saturated heterocycles. The first kappa shape index (κ1) is 12.4. The van der Waals surface area contributed by atoms with Crippen molar-refractivity contribution < 1.29 is 4.74 Å². The summed E-state index contributed by atoms with van der Waals surface area (Å²) in [6.45, 7) is 0. The van der Waals surface area contributed by atoms with E-state index < -0.39 is 0 Å². The zero-order valence-electron chi connectivity index (χ0n) is 9.43. The average molecular weight is 304 g/mol. The lowest BCUT2D eigenvalue weighted by molar-refractivity contribution is 0.459. The van der Waals surface area contributed by atoms with E-state index in [9.17, 15) is 0 Å². The van der Waals surface area contributed by atoms with E-state index in [2.05, 4.69) is 27.0 Å². The maximum atomic E-state index is 8.58. The van der Waals surface area contributed by atoms with Gasteiger partial charge in [-0.05, 0) is 39.7 Å². The summed E-state index contributed by atoms with van der Waals surface area (Å²) >= 11 is 3.33. The van der Waals surface area contributed by atoms with E-state index in [1.165, 1.54) is 6.20 Å². The number of halogens is 1. The number of nitrogens with zero attached hydrogens (tertiary/aromatic N) is 2. The number of nitrogen functional groups attached to an aromatic ring is 1. The number of hydrogen-bond acceptors (Lipinski definition) is 4. The number of nitrogens with two attached hydrogens (primary N) is 1. The fourth-order valence-corrected chi connectivity index (χ4v) is 1.84. The van der Waals surface area contributed by atoms with Crippen molar-refractivity contribution in [2.75, 3.05) is 5.73 Å². The molecule has 0 amide bonds. The van der Waals surface area contributed by atoms with Gasteiger partial charge >= 0.3 is 0 Å². The molecule has 0 unspecified atom stereocenters. The molecule has 0 aliphatic carbocycles. The van der Waals surface area contributed by atoms with Gasteiger partial charge in [-0.25, -0.2) is 4.98 Å². The molecule has 0 aliphatic heterocycles. The molecule has 0 saturated carbocycles. The molecule has 90 valence electrons. The van der Waals surface area contributed by atoms with Gasteiger partial charge in [0, 0.05) is 0 Å².